The quantitative estimate of drug-likeness (QED) is 0.122. The minimum absolute atomic E-state index is 0.0424. The van der Waals surface area contributed by atoms with Crippen molar-refractivity contribution < 1.29 is 19.1 Å². The molecule has 0 atom stereocenters. The van der Waals surface area contributed by atoms with Crippen molar-refractivity contribution in [3.8, 4) is 28.8 Å². The Morgan fingerprint density at radius 1 is 0.930 bits per heavy atom. The normalized spacial score (nSPS) is 14.3. The molecule has 43 heavy (non-hydrogen) atoms. The maximum absolute atomic E-state index is 13.6. The molecule has 1 aliphatic rings. The number of aromatic nitrogens is 2. The second-order valence-electron chi connectivity index (χ2n) is 9.99. The van der Waals surface area contributed by atoms with Crippen LogP contribution in [0.15, 0.2) is 108 Å². The molecule has 5 rings (SSSR count). The molecule has 1 aliphatic heterocycles. The molecule has 3 aromatic carbocycles. The van der Waals surface area contributed by atoms with Gasteiger partial charge in [-0.15, -0.1) is 0 Å². The number of hydrogen-bond donors (Lipinski definition) is 0. The summed E-state index contributed by atoms with van der Waals surface area (Å²) in [6.45, 7) is 5.09. The summed E-state index contributed by atoms with van der Waals surface area (Å²) >= 11 is 0. The molecule has 0 aliphatic carbocycles. The zero-order valence-electron chi connectivity index (χ0n) is 24.2. The van der Waals surface area contributed by atoms with Gasteiger partial charge in [0.05, 0.1) is 11.4 Å². The molecule has 8 heteroatoms. The van der Waals surface area contributed by atoms with Crippen molar-refractivity contribution in [2.45, 2.75) is 26.9 Å². The van der Waals surface area contributed by atoms with Crippen LogP contribution >= 0.6 is 0 Å². The second kappa shape index (κ2) is 13.6. The molecule has 0 spiro atoms. The highest BCUT2D eigenvalue weighted by Gasteiger charge is 2.35. The number of hydrogen-bond acceptors (Lipinski definition) is 6. The van der Waals surface area contributed by atoms with E-state index in [9.17, 15) is 14.9 Å². The van der Waals surface area contributed by atoms with Crippen LogP contribution in [0, 0.1) is 11.3 Å². The standard InChI is InChI=1S/C35H32N4O4/c1-3-42-20-10-19-38-34(40)31(25(2)32(22-36)35(38)41)21-28-23-39(29-13-8-5-9-14-29)37-33(28)27-15-17-30(18-16-27)43-24-26-11-6-4-7-12-26/h4-9,11-18,21,23H,3,10,19-20,24H2,1-2H3/b31-21+. The molecule has 8 nitrogen and oxygen atoms in total. The van der Waals surface area contributed by atoms with Crippen molar-refractivity contribution >= 4 is 17.9 Å². The molecular formula is C35H32N4O4. The third kappa shape index (κ3) is 6.64. The first-order valence-corrected chi connectivity index (χ1v) is 14.2. The molecule has 4 aromatic rings. The number of benzene rings is 3. The van der Waals surface area contributed by atoms with E-state index in [-0.39, 0.29) is 17.7 Å². The summed E-state index contributed by atoms with van der Waals surface area (Å²) in [7, 11) is 0. The van der Waals surface area contributed by atoms with Gasteiger partial charge in [-0.2, -0.15) is 10.4 Å². The molecule has 0 radical (unpaired) electrons. The molecule has 0 bridgehead atoms. The maximum atomic E-state index is 13.6. The smallest absolute Gasteiger partial charge is 0.271 e. The highest BCUT2D eigenvalue weighted by atomic mass is 16.5. The van der Waals surface area contributed by atoms with Crippen LogP contribution in [0.5, 0.6) is 5.75 Å². The molecular weight excluding hydrogens is 540 g/mol. The topological polar surface area (TPSA) is 97.5 Å². The van der Waals surface area contributed by atoms with Crippen LogP contribution in [0.1, 0.15) is 31.4 Å². The first kappa shape index (κ1) is 29.2. The zero-order chi connectivity index (χ0) is 30.2. The number of nitrogens with zero attached hydrogens (tertiary/aromatic N) is 4. The van der Waals surface area contributed by atoms with Crippen molar-refractivity contribution in [2.24, 2.45) is 0 Å². The van der Waals surface area contributed by atoms with Crippen LogP contribution in [0.4, 0.5) is 0 Å². The summed E-state index contributed by atoms with van der Waals surface area (Å²) < 4.78 is 13.1. The molecule has 1 aromatic heterocycles. The van der Waals surface area contributed by atoms with E-state index in [1.165, 1.54) is 0 Å². The SMILES string of the molecule is CCOCCCN1C(=O)C(C#N)=C(C)/C(=C\c2cn(-c3ccccc3)nc2-c2ccc(OCc3ccccc3)cc2)C1=O. The Morgan fingerprint density at radius 2 is 1.63 bits per heavy atom. The summed E-state index contributed by atoms with van der Waals surface area (Å²) in [5, 5.41) is 14.7. The van der Waals surface area contributed by atoms with Crippen molar-refractivity contribution in [3.05, 3.63) is 119 Å². The highest BCUT2D eigenvalue weighted by molar-refractivity contribution is 6.19. The van der Waals surface area contributed by atoms with E-state index in [0.29, 0.717) is 43.1 Å². The lowest BCUT2D eigenvalue weighted by Crippen LogP contribution is -2.43. The van der Waals surface area contributed by atoms with Crippen molar-refractivity contribution in [3.63, 3.8) is 0 Å². The lowest BCUT2D eigenvalue weighted by molar-refractivity contribution is -0.140. The minimum Gasteiger partial charge on any atom is -0.489 e. The van der Waals surface area contributed by atoms with Gasteiger partial charge in [-0.05, 0) is 73.9 Å². The lowest BCUT2D eigenvalue weighted by Gasteiger charge is -2.27. The van der Waals surface area contributed by atoms with E-state index in [2.05, 4.69) is 0 Å². The Kier molecular flexibility index (Phi) is 9.25. The number of amides is 2. The summed E-state index contributed by atoms with van der Waals surface area (Å²) in [6, 6.07) is 29.3. The van der Waals surface area contributed by atoms with E-state index in [1.54, 1.807) is 17.7 Å². The van der Waals surface area contributed by atoms with Crippen LogP contribution in [-0.2, 0) is 20.9 Å². The average molecular weight is 573 g/mol. The second-order valence-corrected chi connectivity index (χ2v) is 9.99. The van der Waals surface area contributed by atoms with Crippen LogP contribution < -0.4 is 4.74 Å². The van der Waals surface area contributed by atoms with Gasteiger partial charge < -0.3 is 9.47 Å². The third-order valence-electron chi connectivity index (χ3n) is 7.14. The number of nitriles is 1. The van der Waals surface area contributed by atoms with Crippen molar-refractivity contribution in [1.82, 2.24) is 14.7 Å². The van der Waals surface area contributed by atoms with Gasteiger partial charge >= 0.3 is 0 Å². The van der Waals surface area contributed by atoms with E-state index >= 15 is 0 Å². The summed E-state index contributed by atoms with van der Waals surface area (Å²) in [4.78, 5) is 27.8. The monoisotopic (exact) mass is 572 g/mol. The maximum Gasteiger partial charge on any atom is 0.271 e. The first-order valence-electron chi connectivity index (χ1n) is 14.2. The molecule has 0 saturated carbocycles. The molecule has 2 amide bonds. The van der Waals surface area contributed by atoms with Gasteiger partial charge in [0, 0.05) is 42.7 Å². The van der Waals surface area contributed by atoms with Gasteiger partial charge in [-0.25, -0.2) is 4.68 Å². The predicted octanol–water partition coefficient (Wildman–Crippen LogP) is 6.14. The Morgan fingerprint density at radius 3 is 2.30 bits per heavy atom. The van der Waals surface area contributed by atoms with E-state index in [4.69, 9.17) is 14.6 Å². The molecule has 0 unspecified atom stereocenters. The van der Waals surface area contributed by atoms with Gasteiger partial charge in [-0.3, -0.25) is 14.5 Å². The highest BCUT2D eigenvalue weighted by Crippen LogP contribution is 2.32. The number of imide groups is 1. The van der Waals surface area contributed by atoms with Crippen LogP contribution in [0.3, 0.4) is 0 Å². The minimum atomic E-state index is -0.579. The Hall–Kier alpha value is -5.26. The molecule has 0 N–H and O–H groups in total. The van der Waals surface area contributed by atoms with Crippen LogP contribution in [-0.4, -0.2) is 46.3 Å². The van der Waals surface area contributed by atoms with Crippen molar-refractivity contribution in [2.75, 3.05) is 19.8 Å². The molecule has 0 saturated heterocycles. The summed E-state index contributed by atoms with van der Waals surface area (Å²) in [6.07, 6.45) is 4.05. The molecule has 216 valence electrons. The lowest BCUT2D eigenvalue weighted by atomic mass is 9.93. The molecule has 2 heterocycles. The van der Waals surface area contributed by atoms with Gasteiger partial charge in [0.2, 0.25) is 0 Å². The number of para-hydroxylation sites is 1. The Balaban J connectivity index is 1.51. The number of carbonyl (C=O) groups excluding carboxylic acids is 2. The fourth-order valence-electron chi connectivity index (χ4n) is 4.84. The van der Waals surface area contributed by atoms with Crippen molar-refractivity contribution in [1.29, 1.82) is 5.26 Å². The Labute approximate surface area is 251 Å². The Bertz CT molecular complexity index is 1700. The van der Waals surface area contributed by atoms with Crippen LogP contribution in [0.2, 0.25) is 0 Å². The van der Waals surface area contributed by atoms with Gasteiger partial charge in [0.15, 0.2) is 0 Å². The van der Waals surface area contributed by atoms with Gasteiger partial charge in [0.1, 0.15) is 24.0 Å². The predicted molar refractivity (Wildman–Crippen MR) is 164 cm³/mol. The van der Waals surface area contributed by atoms with Gasteiger partial charge in [-0.1, -0.05) is 48.5 Å². The van der Waals surface area contributed by atoms with Crippen LogP contribution in [0.25, 0.3) is 23.0 Å². The zero-order valence-corrected chi connectivity index (χ0v) is 24.2. The number of carbonyl (C=O) groups is 2. The largest absolute Gasteiger partial charge is 0.489 e. The van der Waals surface area contributed by atoms with E-state index < -0.39 is 11.8 Å². The first-order chi connectivity index (χ1) is 21.0. The summed E-state index contributed by atoms with van der Waals surface area (Å²) in [5.41, 5.74) is 4.65. The van der Waals surface area contributed by atoms with E-state index in [0.717, 1.165) is 27.5 Å². The number of rotatable bonds is 11. The number of ether oxygens (including phenoxy) is 2. The fourth-order valence-corrected chi connectivity index (χ4v) is 4.84. The van der Waals surface area contributed by atoms with Gasteiger partial charge in [0.25, 0.3) is 11.8 Å². The fraction of sp³-hybridized carbons (Fsp3) is 0.200. The summed E-state index contributed by atoms with van der Waals surface area (Å²) in [5.74, 6) is -0.304. The average Bonchev–Trinajstić information content (AvgIpc) is 3.47. The van der Waals surface area contributed by atoms with E-state index in [1.807, 2.05) is 104 Å². The third-order valence-corrected chi connectivity index (χ3v) is 7.14. The molecule has 0 fully saturated rings.